The number of carbonyl (C=O) groups excluding carboxylic acids is 2. The quantitative estimate of drug-likeness (QED) is 0.317. The number of ketones is 1. The van der Waals surface area contributed by atoms with E-state index in [1.54, 1.807) is 29.3 Å². The van der Waals surface area contributed by atoms with E-state index in [2.05, 4.69) is 32.3 Å². The highest BCUT2D eigenvalue weighted by molar-refractivity contribution is 7.99. The second kappa shape index (κ2) is 12.0. The van der Waals surface area contributed by atoms with Crippen molar-refractivity contribution >= 4 is 64.0 Å². The van der Waals surface area contributed by atoms with Crippen LogP contribution in [0.1, 0.15) is 40.7 Å². The zero-order valence-electron chi connectivity index (χ0n) is 21.9. The van der Waals surface area contributed by atoms with E-state index in [1.165, 1.54) is 22.9 Å². The van der Waals surface area contributed by atoms with Gasteiger partial charge in [0.25, 0.3) is 5.91 Å². The summed E-state index contributed by atoms with van der Waals surface area (Å²) in [6, 6.07) is 11.5. The van der Waals surface area contributed by atoms with Crippen LogP contribution in [0.2, 0.25) is 10.0 Å². The fourth-order valence-corrected chi connectivity index (χ4v) is 6.95. The van der Waals surface area contributed by atoms with Crippen LogP contribution in [-0.2, 0) is 22.5 Å². The molecule has 1 fully saturated rings. The molecule has 0 aliphatic carbocycles. The summed E-state index contributed by atoms with van der Waals surface area (Å²) in [6.07, 6.45) is 4.90. The van der Waals surface area contributed by atoms with E-state index < -0.39 is 0 Å². The van der Waals surface area contributed by atoms with E-state index in [0.29, 0.717) is 63.6 Å². The van der Waals surface area contributed by atoms with Crippen LogP contribution >= 0.6 is 35.0 Å². The normalized spacial score (nSPS) is 18.9. The number of benzene rings is 2. The Morgan fingerprint density at radius 3 is 2.83 bits per heavy atom. The Morgan fingerprint density at radius 1 is 1.18 bits per heavy atom. The Labute approximate surface area is 247 Å². The first-order chi connectivity index (χ1) is 19.5. The predicted molar refractivity (Wildman–Crippen MR) is 158 cm³/mol. The summed E-state index contributed by atoms with van der Waals surface area (Å²) in [5, 5.41) is 4.76. The SMILES string of the molecule is O=C(CCCN1CCc2cc(Nc3ncc4c(n3)SCN(c3c(Cl)cccc3Cl)C4=O)ccc2C1)C1CCOC1. The van der Waals surface area contributed by atoms with Crippen molar-refractivity contribution in [2.75, 3.05) is 42.4 Å². The maximum Gasteiger partial charge on any atom is 0.263 e. The molecule has 0 bridgehead atoms. The lowest BCUT2D eigenvalue weighted by atomic mass is 9.97. The number of halogens is 2. The van der Waals surface area contributed by atoms with Crippen LogP contribution in [-0.4, -0.2) is 58.7 Å². The minimum atomic E-state index is -0.231. The van der Waals surface area contributed by atoms with Gasteiger partial charge in [0.2, 0.25) is 5.95 Å². The van der Waals surface area contributed by atoms with Crippen LogP contribution in [0.15, 0.2) is 47.6 Å². The fraction of sp³-hybridized carbons (Fsp3) is 0.379. The number of amides is 1. The first-order valence-electron chi connectivity index (χ1n) is 13.4. The predicted octanol–water partition coefficient (Wildman–Crippen LogP) is 5.98. The number of aromatic nitrogens is 2. The summed E-state index contributed by atoms with van der Waals surface area (Å²) >= 11 is 14.1. The van der Waals surface area contributed by atoms with Gasteiger partial charge < -0.3 is 10.1 Å². The fourth-order valence-electron chi connectivity index (χ4n) is 5.40. The van der Waals surface area contributed by atoms with E-state index in [1.807, 2.05) is 6.07 Å². The number of hydrogen-bond donors (Lipinski definition) is 1. The lowest BCUT2D eigenvalue weighted by molar-refractivity contribution is -0.123. The van der Waals surface area contributed by atoms with Crippen molar-refractivity contribution in [3.05, 3.63) is 69.3 Å². The van der Waals surface area contributed by atoms with Gasteiger partial charge in [-0.1, -0.05) is 47.1 Å². The van der Waals surface area contributed by atoms with Crippen molar-refractivity contribution in [1.82, 2.24) is 14.9 Å². The Bertz CT molecular complexity index is 1430. The van der Waals surface area contributed by atoms with Gasteiger partial charge in [-0.15, -0.1) is 0 Å². The van der Waals surface area contributed by atoms with Crippen molar-refractivity contribution in [3.8, 4) is 0 Å². The van der Waals surface area contributed by atoms with Crippen molar-refractivity contribution in [1.29, 1.82) is 0 Å². The molecule has 0 radical (unpaired) electrons. The van der Waals surface area contributed by atoms with Gasteiger partial charge in [-0.05, 0) is 61.2 Å². The number of rotatable bonds is 8. The number of nitrogens with zero attached hydrogens (tertiary/aromatic N) is 4. The molecule has 40 heavy (non-hydrogen) atoms. The number of fused-ring (bicyclic) bond motifs is 2. The van der Waals surface area contributed by atoms with Crippen molar-refractivity contribution < 1.29 is 14.3 Å². The first kappa shape index (κ1) is 27.5. The van der Waals surface area contributed by atoms with Gasteiger partial charge in [0.1, 0.15) is 10.8 Å². The van der Waals surface area contributed by atoms with Crippen LogP contribution < -0.4 is 10.2 Å². The zero-order valence-corrected chi connectivity index (χ0v) is 24.2. The molecule has 0 saturated carbocycles. The second-order valence-electron chi connectivity index (χ2n) is 10.3. The summed E-state index contributed by atoms with van der Waals surface area (Å²) < 4.78 is 5.35. The third kappa shape index (κ3) is 5.85. The van der Waals surface area contributed by atoms with Gasteiger partial charge >= 0.3 is 0 Å². The molecule has 0 spiro atoms. The van der Waals surface area contributed by atoms with E-state index in [0.717, 1.165) is 44.6 Å². The van der Waals surface area contributed by atoms with Gasteiger partial charge in [0.15, 0.2) is 0 Å². The number of hydrogen-bond acceptors (Lipinski definition) is 8. The van der Waals surface area contributed by atoms with E-state index in [9.17, 15) is 9.59 Å². The van der Waals surface area contributed by atoms with Gasteiger partial charge in [0.05, 0.1) is 33.8 Å². The lowest BCUT2D eigenvalue weighted by Crippen LogP contribution is -2.35. The number of para-hydroxylation sites is 1. The number of Topliss-reactive ketones (excluding diaryl/α,β-unsaturated/α-hetero) is 1. The second-order valence-corrected chi connectivity index (χ2v) is 12.0. The molecule has 4 heterocycles. The molecule has 3 aliphatic rings. The largest absolute Gasteiger partial charge is 0.381 e. The molecular weight excluding hydrogens is 569 g/mol. The van der Waals surface area contributed by atoms with Crippen molar-refractivity contribution in [2.24, 2.45) is 5.92 Å². The summed E-state index contributed by atoms with van der Waals surface area (Å²) in [6.45, 7) is 4.09. The molecule has 3 aliphatic heterocycles. The summed E-state index contributed by atoms with van der Waals surface area (Å²) in [7, 11) is 0. The Balaban J connectivity index is 1.07. The monoisotopic (exact) mass is 597 g/mol. The van der Waals surface area contributed by atoms with E-state index in [-0.39, 0.29) is 11.8 Å². The molecule has 8 nitrogen and oxygen atoms in total. The minimum absolute atomic E-state index is 0.105. The van der Waals surface area contributed by atoms with Gasteiger partial charge in [-0.2, -0.15) is 0 Å². The summed E-state index contributed by atoms with van der Waals surface area (Å²) in [4.78, 5) is 38.5. The number of carbonyl (C=O) groups is 2. The third-order valence-electron chi connectivity index (χ3n) is 7.60. The van der Waals surface area contributed by atoms with Crippen LogP contribution in [0.4, 0.5) is 17.3 Å². The molecule has 11 heteroatoms. The van der Waals surface area contributed by atoms with Gasteiger partial charge in [0, 0.05) is 43.9 Å². The van der Waals surface area contributed by atoms with Crippen LogP contribution in [0.5, 0.6) is 0 Å². The first-order valence-corrected chi connectivity index (χ1v) is 15.2. The number of nitrogens with one attached hydrogen (secondary N) is 1. The molecule has 1 amide bonds. The Hall–Kier alpha value is -2.69. The molecular formula is C29H29Cl2N5O3S. The molecule has 1 aromatic heterocycles. The highest BCUT2D eigenvalue weighted by Crippen LogP contribution is 2.39. The van der Waals surface area contributed by atoms with E-state index in [4.69, 9.17) is 27.9 Å². The number of anilines is 3. The van der Waals surface area contributed by atoms with Crippen molar-refractivity contribution in [2.45, 2.75) is 37.3 Å². The Morgan fingerprint density at radius 2 is 2.02 bits per heavy atom. The zero-order chi connectivity index (χ0) is 27.6. The van der Waals surface area contributed by atoms with Crippen LogP contribution in [0.3, 0.4) is 0 Å². The average molecular weight is 599 g/mol. The minimum Gasteiger partial charge on any atom is -0.381 e. The van der Waals surface area contributed by atoms with E-state index >= 15 is 0 Å². The maximum absolute atomic E-state index is 13.2. The standard InChI is InChI=1S/C29H29Cl2N5O3S/c30-23-3-1-4-24(31)26(23)36-17-40-27-22(28(36)38)14-32-29(34-27)33-21-7-6-19-15-35(11-8-18(19)13-21)10-2-5-25(37)20-9-12-39-16-20/h1,3-4,6-7,13-14,20H,2,5,8-12,15-17H2,(H,32,33,34). The summed E-state index contributed by atoms with van der Waals surface area (Å²) in [5.41, 5.74) is 4.43. The average Bonchev–Trinajstić information content (AvgIpc) is 3.50. The van der Waals surface area contributed by atoms with Crippen molar-refractivity contribution in [3.63, 3.8) is 0 Å². The van der Waals surface area contributed by atoms with Gasteiger partial charge in [-0.25, -0.2) is 9.97 Å². The summed E-state index contributed by atoms with van der Waals surface area (Å²) in [5.74, 6) is 1.02. The van der Waals surface area contributed by atoms with Gasteiger partial charge in [-0.3, -0.25) is 19.4 Å². The molecule has 2 aromatic carbocycles. The molecule has 3 aromatic rings. The molecule has 1 saturated heterocycles. The molecule has 1 unspecified atom stereocenters. The van der Waals surface area contributed by atoms with Crippen LogP contribution in [0.25, 0.3) is 0 Å². The smallest absolute Gasteiger partial charge is 0.263 e. The number of ether oxygens (including phenoxy) is 1. The third-order valence-corrected chi connectivity index (χ3v) is 9.19. The highest BCUT2D eigenvalue weighted by Gasteiger charge is 2.30. The topological polar surface area (TPSA) is 87.7 Å². The molecule has 1 atom stereocenters. The molecule has 6 rings (SSSR count). The molecule has 208 valence electrons. The van der Waals surface area contributed by atoms with Crippen LogP contribution in [0, 0.1) is 5.92 Å². The lowest BCUT2D eigenvalue weighted by Gasteiger charge is -2.29. The number of thioether (sulfide) groups is 1. The Kier molecular flexibility index (Phi) is 8.27. The highest BCUT2D eigenvalue weighted by atomic mass is 35.5. The maximum atomic E-state index is 13.2. The molecule has 1 N–H and O–H groups in total.